The molecule has 0 rings (SSSR count). The van der Waals surface area contributed by atoms with Crippen molar-refractivity contribution in [2.45, 2.75) is 20.3 Å². The van der Waals surface area contributed by atoms with Crippen molar-refractivity contribution in [3.05, 3.63) is 23.8 Å². The van der Waals surface area contributed by atoms with Crippen LogP contribution in [0.3, 0.4) is 0 Å². The minimum absolute atomic E-state index is 0.0353. The van der Waals surface area contributed by atoms with Crippen LogP contribution in [0.1, 0.15) is 20.3 Å². The Balaban J connectivity index is 0. The zero-order chi connectivity index (χ0) is 14.2. The highest BCUT2D eigenvalue weighted by Gasteiger charge is 2.00. The van der Waals surface area contributed by atoms with Crippen LogP contribution in [0.15, 0.2) is 28.8 Å². The molecule has 3 nitrogen and oxygen atoms in total. The molecule has 0 saturated heterocycles. The molecule has 1 N–H and O–H groups in total. The fraction of sp³-hybridized carbons (Fsp3) is 0.385. The molecule has 0 spiro atoms. The number of hydrogen-bond acceptors (Lipinski definition) is 4. The predicted molar refractivity (Wildman–Crippen MR) is 85.7 cm³/mol. The molecule has 0 aliphatic heterocycles. The highest BCUT2D eigenvalue weighted by molar-refractivity contribution is 8.78. The molecular weight excluding hydrogens is 264 g/mol. The first-order valence-corrected chi connectivity index (χ1v) is 7.85. The molecule has 1 amide bonds. The molecule has 0 aliphatic carbocycles. The number of carbonyl (C=O) groups is 1. The molecule has 0 aromatic carbocycles. The van der Waals surface area contributed by atoms with Crippen LogP contribution in [0, 0.1) is 12.3 Å². The van der Waals surface area contributed by atoms with Gasteiger partial charge in [-0.05, 0) is 23.6 Å². The van der Waals surface area contributed by atoms with Crippen molar-refractivity contribution in [3.63, 3.8) is 0 Å². The molecule has 0 aliphatic rings. The second kappa shape index (κ2) is 15.9. The highest BCUT2D eigenvalue weighted by Crippen LogP contribution is 2.30. The molecule has 0 heterocycles. The number of hydrogen-bond donors (Lipinski definition) is 1. The van der Waals surface area contributed by atoms with Crippen LogP contribution in [-0.2, 0) is 4.79 Å². The normalized spacial score (nSPS) is 9.50. The van der Waals surface area contributed by atoms with E-state index in [-0.39, 0.29) is 12.5 Å². The monoisotopic (exact) mass is 284 g/mol. The largest absolute Gasteiger partial charge is 0.345 e. The number of carbonyl (C=O) groups excluding carboxylic acids is 1. The van der Waals surface area contributed by atoms with Gasteiger partial charge in [0.05, 0.1) is 6.54 Å². The molecule has 0 aromatic heterocycles. The van der Waals surface area contributed by atoms with Crippen molar-refractivity contribution in [2.24, 2.45) is 4.99 Å². The van der Waals surface area contributed by atoms with Gasteiger partial charge in [-0.3, -0.25) is 9.79 Å². The maximum absolute atomic E-state index is 11.1. The third-order valence-corrected chi connectivity index (χ3v) is 3.65. The van der Waals surface area contributed by atoms with Gasteiger partial charge in [0.15, 0.2) is 0 Å². The van der Waals surface area contributed by atoms with E-state index >= 15 is 0 Å². The molecule has 5 heteroatoms. The van der Waals surface area contributed by atoms with Crippen molar-refractivity contribution >= 4 is 34.2 Å². The van der Waals surface area contributed by atoms with Crippen LogP contribution in [0.25, 0.3) is 0 Å². The number of rotatable bonds is 8. The number of nitrogens with zero attached hydrogens (tertiary/aromatic N) is 1. The molecular formula is C13H20N2OS2. The van der Waals surface area contributed by atoms with Gasteiger partial charge in [-0.15, -0.1) is 6.42 Å². The number of terminal acetylenes is 1. The summed E-state index contributed by atoms with van der Waals surface area (Å²) < 4.78 is 0. The summed E-state index contributed by atoms with van der Waals surface area (Å²) in [5.41, 5.74) is 0. The van der Waals surface area contributed by atoms with Crippen molar-refractivity contribution in [1.82, 2.24) is 5.32 Å². The highest BCUT2D eigenvalue weighted by atomic mass is 33.1. The summed E-state index contributed by atoms with van der Waals surface area (Å²) in [5, 5.41) is 3.38. The van der Waals surface area contributed by atoms with E-state index in [9.17, 15) is 4.79 Å². The maximum Gasteiger partial charge on any atom is 0.221 e. The topological polar surface area (TPSA) is 41.5 Å². The fourth-order valence-corrected chi connectivity index (χ4v) is 2.55. The Morgan fingerprint density at radius 3 is 2.72 bits per heavy atom. The lowest BCUT2D eigenvalue weighted by molar-refractivity contribution is -0.120. The van der Waals surface area contributed by atoms with E-state index in [0.29, 0.717) is 12.2 Å². The molecule has 0 bridgehead atoms. The third-order valence-electron chi connectivity index (χ3n) is 1.36. The van der Waals surface area contributed by atoms with Gasteiger partial charge in [-0.25, -0.2) is 0 Å². The van der Waals surface area contributed by atoms with E-state index in [1.54, 1.807) is 22.9 Å². The molecule has 18 heavy (non-hydrogen) atoms. The number of amides is 1. The lowest BCUT2D eigenvalue weighted by Gasteiger charge is -2.01. The molecule has 0 unspecified atom stereocenters. The van der Waals surface area contributed by atoms with E-state index in [4.69, 9.17) is 6.42 Å². The number of nitrogens with one attached hydrogen (secondary N) is 1. The molecule has 0 aromatic rings. The van der Waals surface area contributed by atoms with E-state index in [2.05, 4.69) is 29.5 Å². The van der Waals surface area contributed by atoms with Gasteiger partial charge in [0.1, 0.15) is 5.03 Å². The second-order valence-corrected chi connectivity index (χ2v) is 4.97. The van der Waals surface area contributed by atoms with Gasteiger partial charge in [0.2, 0.25) is 5.91 Å². The summed E-state index contributed by atoms with van der Waals surface area (Å²) in [6, 6.07) is 0. The van der Waals surface area contributed by atoms with E-state index < -0.39 is 0 Å². The smallest absolute Gasteiger partial charge is 0.221 e. The lowest BCUT2D eigenvalue weighted by Crippen LogP contribution is -2.23. The van der Waals surface area contributed by atoms with Gasteiger partial charge < -0.3 is 5.32 Å². The Bertz CT molecular complexity index is 319. The SMILES string of the molecule is C#CCNC(=O)CCSS/C(=C/C=C)N=C.CC. The quantitative estimate of drug-likeness (QED) is 0.244. The summed E-state index contributed by atoms with van der Waals surface area (Å²) in [6.45, 7) is 11.3. The van der Waals surface area contributed by atoms with Crippen molar-refractivity contribution in [1.29, 1.82) is 0 Å². The summed E-state index contributed by atoms with van der Waals surface area (Å²) >= 11 is 0. The second-order valence-electron chi connectivity index (χ2n) is 2.53. The van der Waals surface area contributed by atoms with Gasteiger partial charge in [0, 0.05) is 12.2 Å². The molecule has 0 radical (unpaired) electrons. The van der Waals surface area contributed by atoms with Crippen LogP contribution in [-0.4, -0.2) is 24.9 Å². The van der Waals surface area contributed by atoms with Crippen molar-refractivity contribution in [3.8, 4) is 12.3 Å². The van der Waals surface area contributed by atoms with Gasteiger partial charge >= 0.3 is 0 Å². The summed E-state index contributed by atoms with van der Waals surface area (Å²) in [7, 11) is 3.01. The van der Waals surface area contributed by atoms with Crippen LogP contribution >= 0.6 is 21.6 Å². The lowest BCUT2D eigenvalue weighted by atomic mass is 10.4. The van der Waals surface area contributed by atoms with Crippen LogP contribution in [0.5, 0.6) is 0 Å². The molecule has 0 saturated carbocycles. The zero-order valence-electron chi connectivity index (χ0n) is 10.9. The Hall–Kier alpha value is -1.12. The predicted octanol–water partition coefficient (Wildman–Crippen LogP) is 3.26. The van der Waals surface area contributed by atoms with E-state index in [1.807, 2.05) is 13.8 Å². The fourth-order valence-electron chi connectivity index (χ4n) is 0.682. The molecule has 100 valence electrons. The van der Waals surface area contributed by atoms with Gasteiger partial charge in [-0.2, -0.15) is 0 Å². The first kappa shape index (κ1) is 19.2. The van der Waals surface area contributed by atoms with Crippen LogP contribution in [0.2, 0.25) is 0 Å². The summed E-state index contributed by atoms with van der Waals surface area (Å²) in [5.74, 6) is 3.01. The average Bonchev–Trinajstić information content (AvgIpc) is 2.42. The van der Waals surface area contributed by atoms with Crippen LogP contribution in [0.4, 0.5) is 0 Å². The third kappa shape index (κ3) is 12.9. The molecule has 0 atom stereocenters. The van der Waals surface area contributed by atoms with Crippen LogP contribution < -0.4 is 5.32 Å². The minimum atomic E-state index is -0.0353. The van der Waals surface area contributed by atoms with Gasteiger partial charge in [0.25, 0.3) is 0 Å². The Labute approximate surface area is 118 Å². The van der Waals surface area contributed by atoms with Crippen molar-refractivity contribution < 1.29 is 4.79 Å². The first-order valence-electron chi connectivity index (χ1n) is 5.53. The summed E-state index contributed by atoms with van der Waals surface area (Å²) in [4.78, 5) is 14.9. The van der Waals surface area contributed by atoms with Crippen molar-refractivity contribution in [2.75, 3.05) is 12.3 Å². The molecule has 0 fully saturated rings. The Morgan fingerprint density at radius 1 is 1.56 bits per heavy atom. The standard InChI is InChI=1S/C11H14N2OS2.C2H6/c1-4-6-11(12-3)16-15-9-7-10(14)13-8-5-2;1-2/h2,4,6H,1,3,7-9H2,(H,13,14);1-2H3/b11-6+;. The zero-order valence-corrected chi connectivity index (χ0v) is 12.6. The number of allylic oxidation sites excluding steroid dienone is 2. The Kier molecular flexibility index (Phi) is 17.0. The van der Waals surface area contributed by atoms with Gasteiger partial charge in [-0.1, -0.05) is 43.2 Å². The average molecular weight is 284 g/mol. The maximum atomic E-state index is 11.1. The van der Waals surface area contributed by atoms with E-state index in [1.165, 1.54) is 10.8 Å². The number of aliphatic imine (C=N–C) groups is 1. The summed E-state index contributed by atoms with van der Waals surface area (Å²) in [6.07, 6.45) is 8.87. The minimum Gasteiger partial charge on any atom is -0.345 e. The first-order chi connectivity index (χ1) is 8.74. The van der Waals surface area contributed by atoms with E-state index in [0.717, 1.165) is 5.03 Å². The Morgan fingerprint density at radius 2 is 2.22 bits per heavy atom.